The van der Waals surface area contributed by atoms with E-state index in [0.29, 0.717) is 10.2 Å². The molecule has 0 radical (unpaired) electrons. The van der Waals surface area contributed by atoms with Gasteiger partial charge in [0.05, 0.1) is 15.8 Å². The molecule has 12 heteroatoms. The molecule has 3 heterocycles. The Morgan fingerprint density at radius 2 is 1.90 bits per heavy atom. The van der Waals surface area contributed by atoms with Crippen LogP contribution < -0.4 is 5.32 Å². The maximum absolute atomic E-state index is 15.3. The number of alkyl halides is 4. The molecule has 0 unspecified atom stereocenters. The van der Waals surface area contributed by atoms with Crippen LogP contribution in [0.3, 0.4) is 0 Å². The zero-order valence-electron chi connectivity index (χ0n) is 15.2. The van der Waals surface area contributed by atoms with Gasteiger partial charge in [-0.1, -0.05) is 22.9 Å². The number of nitrogens with zero attached hydrogens (tertiary/aromatic N) is 4. The van der Waals surface area contributed by atoms with E-state index in [2.05, 4.69) is 20.3 Å². The van der Waals surface area contributed by atoms with Gasteiger partial charge in [-0.05, 0) is 18.2 Å². The summed E-state index contributed by atoms with van der Waals surface area (Å²) >= 11 is 6.89. The lowest BCUT2D eigenvalue weighted by atomic mass is 9.90. The first-order chi connectivity index (χ1) is 14.2. The van der Waals surface area contributed by atoms with Gasteiger partial charge >= 0.3 is 12.2 Å². The van der Waals surface area contributed by atoms with Crippen molar-refractivity contribution < 1.29 is 22.4 Å². The molecule has 3 aromatic rings. The minimum Gasteiger partial charge on any atom is -0.324 e. The summed E-state index contributed by atoms with van der Waals surface area (Å²) in [6.45, 7) is 0.219. The average molecular weight is 460 g/mol. The van der Waals surface area contributed by atoms with Crippen LogP contribution in [0.5, 0.6) is 0 Å². The summed E-state index contributed by atoms with van der Waals surface area (Å²) in [4.78, 5) is 25.9. The van der Waals surface area contributed by atoms with Crippen molar-refractivity contribution in [3.63, 3.8) is 0 Å². The number of aromatic nitrogens is 3. The van der Waals surface area contributed by atoms with Gasteiger partial charge in [-0.3, -0.25) is 10.3 Å². The van der Waals surface area contributed by atoms with Gasteiger partial charge in [0, 0.05) is 38.3 Å². The molecule has 6 nitrogen and oxygen atoms in total. The first-order valence-electron chi connectivity index (χ1n) is 8.85. The largest absolute Gasteiger partial charge is 0.416 e. The van der Waals surface area contributed by atoms with Gasteiger partial charge in [-0.25, -0.2) is 19.2 Å². The lowest BCUT2D eigenvalue weighted by Crippen LogP contribution is -2.45. The molecule has 1 aromatic carbocycles. The SMILES string of the molecule is O=C(Nc1nc2ccc(C(F)(F)F)cc2s1)N1CCC(F)(c2nccnc2Cl)CC1. The summed E-state index contributed by atoms with van der Waals surface area (Å²) in [6.07, 6.45) is -1.74. The second kappa shape index (κ2) is 7.62. The van der Waals surface area contributed by atoms with Gasteiger partial charge in [-0.15, -0.1) is 0 Å². The number of urea groups is 1. The minimum absolute atomic E-state index is 0.00633. The molecule has 0 saturated carbocycles. The van der Waals surface area contributed by atoms with Crippen molar-refractivity contribution in [1.29, 1.82) is 0 Å². The Bertz CT molecular complexity index is 1100. The molecule has 158 valence electrons. The number of anilines is 1. The van der Waals surface area contributed by atoms with Gasteiger partial charge in [0.25, 0.3) is 0 Å². The van der Waals surface area contributed by atoms with E-state index in [1.807, 2.05) is 0 Å². The van der Waals surface area contributed by atoms with Crippen molar-refractivity contribution in [3.05, 3.63) is 47.0 Å². The Morgan fingerprint density at radius 3 is 2.57 bits per heavy atom. The monoisotopic (exact) mass is 459 g/mol. The zero-order chi connectivity index (χ0) is 21.5. The molecule has 1 aliphatic rings. The number of hydrogen-bond acceptors (Lipinski definition) is 5. The molecule has 1 N–H and O–H groups in total. The Balaban J connectivity index is 1.43. The van der Waals surface area contributed by atoms with Crippen LogP contribution in [-0.4, -0.2) is 39.0 Å². The molecule has 1 fully saturated rings. The summed E-state index contributed by atoms with van der Waals surface area (Å²) in [6, 6.07) is 2.69. The Labute approximate surface area is 176 Å². The Morgan fingerprint density at radius 1 is 1.20 bits per heavy atom. The molecule has 1 saturated heterocycles. The first kappa shape index (κ1) is 20.7. The second-order valence-corrected chi connectivity index (χ2v) is 8.17. The van der Waals surface area contributed by atoms with Crippen LogP contribution >= 0.6 is 22.9 Å². The lowest BCUT2D eigenvalue weighted by Gasteiger charge is -2.35. The molecule has 30 heavy (non-hydrogen) atoms. The number of halogens is 5. The van der Waals surface area contributed by atoms with Crippen molar-refractivity contribution in [2.75, 3.05) is 18.4 Å². The normalized spacial score (nSPS) is 16.6. The Hall–Kier alpha value is -2.53. The number of piperidine rings is 1. The van der Waals surface area contributed by atoms with E-state index < -0.39 is 23.4 Å². The van der Waals surface area contributed by atoms with Gasteiger partial charge in [0.2, 0.25) is 0 Å². The lowest BCUT2D eigenvalue weighted by molar-refractivity contribution is -0.137. The summed E-state index contributed by atoms with van der Waals surface area (Å²) in [7, 11) is 0. The van der Waals surface area contributed by atoms with Crippen LogP contribution in [-0.2, 0) is 11.8 Å². The van der Waals surface area contributed by atoms with Crippen molar-refractivity contribution in [3.8, 4) is 0 Å². The number of benzene rings is 1. The molecule has 1 aliphatic heterocycles. The topological polar surface area (TPSA) is 71.0 Å². The van der Waals surface area contributed by atoms with Crippen LogP contribution in [0.2, 0.25) is 5.15 Å². The Kier molecular flexibility index (Phi) is 5.27. The molecular weight excluding hydrogens is 446 g/mol. The van der Waals surface area contributed by atoms with Gasteiger partial charge in [0.15, 0.2) is 16.0 Å². The number of nitrogens with one attached hydrogen (secondary N) is 1. The highest BCUT2D eigenvalue weighted by Gasteiger charge is 2.40. The number of hydrogen-bond donors (Lipinski definition) is 1. The molecular formula is C18H14ClF4N5OS. The molecule has 2 amide bonds. The van der Waals surface area contributed by atoms with E-state index >= 15 is 4.39 Å². The fourth-order valence-corrected chi connectivity index (χ4v) is 4.42. The number of rotatable bonds is 2. The van der Waals surface area contributed by atoms with Crippen molar-refractivity contribution in [2.45, 2.75) is 24.7 Å². The number of likely N-dealkylation sites (tertiary alicyclic amines) is 1. The van der Waals surface area contributed by atoms with Crippen molar-refractivity contribution in [1.82, 2.24) is 19.9 Å². The smallest absolute Gasteiger partial charge is 0.324 e. The van der Waals surface area contributed by atoms with E-state index in [0.717, 1.165) is 23.5 Å². The average Bonchev–Trinajstić information content (AvgIpc) is 3.09. The van der Waals surface area contributed by atoms with Gasteiger partial charge < -0.3 is 4.90 Å². The van der Waals surface area contributed by atoms with Crippen LogP contribution in [0.15, 0.2) is 30.6 Å². The highest BCUT2D eigenvalue weighted by Crippen LogP contribution is 2.39. The van der Waals surface area contributed by atoms with E-state index in [9.17, 15) is 18.0 Å². The summed E-state index contributed by atoms with van der Waals surface area (Å²) < 4.78 is 54.1. The molecule has 4 rings (SSSR count). The van der Waals surface area contributed by atoms with Crippen LogP contribution in [0.4, 0.5) is 27.5 Å². The van der Waals surface area contributed by atoms with Gasteiger partial charge in [0.1, 0.15) is 5.69 Å². The number of amides is 2. The van der Waals surface area contributed by atoms with Crippen molar-refractivity contribution >= 4 is 44.3 Å². The fraction of sp³-hybridized carbons (Fsp3) is 0.333. The summed E-state index contributed by atoms with van der Waals surface area (Å²) in [5.74, 6) is 0. The summed E-state index contributed by atoms with van der Waals surface area (Å²) in [5, 5.41) is 2.74. The molecule has 2 aromatic heterocycles. The minimum atomic E-state index is -4.46. The standard InChI is InChI=1S/C18H14ClF4N5OS/c19-14-13(24-5-6-25-14)17(20)3-7-28(8-4-17)16(29)27-15-26-11-2-1-10(18(21,22)23)9-12(11)30-15/h1-2,5-6,9H,3-4,7-8H2,(H,26,27,29). The predicted octanol–water partition coefficient (Wildman–Crippen LogP) is 5.25. The van der Waals surface area contributed by atoms with E-state index in [-0.39, 0.29) is 41.9 Å². The fourth-order valence-electron chi connectivity index (χ4n) is 3.25. The van der Waals surface area contributed by atoms with E-state index in [1.54, 1.807) is 0 Å². The maximum atomic E-state index is 15.3. The molecule has 0 bridgehead atoms. The number of fused-ring (bicyclic) bond motifs is 1. The van der Waals surface area contributed by atoms with E-state index in [1.165, 1.54) is 23.4 Å². The quantitative estimate of drug-likeness (QED) is 0.531. The van der Waals surface area contributed by atoms with Crippen LogP contribution in [0, 0.1) is 0 Å². The maximum Gasteiger partial charge on any atom is 0.416 e. The summed E-state index contributed by atoms with van der Waals surface area (Å²) in [5.41, 5.74) is -2.17. The highest BCUT2D eigenvalue weighted by atomic mass is 35.5. The number of carbonyl (C=O) groups excluding carboxylic acids is 1. The third-order valence-electron chi connectivity index (χ3n) is 4.85. The zero-order valence-corrected chi connectivity index (χ0v) is 16.8. The van der Waals surface area contributed by atoms with Gasteiger partial charge in [-0.2, -0.15) is 13.2 Å². The molecule has 0 aliphatic carbocycles. The third-order valence-corrected chi connectivity index (χ3v) is 6.06. The van der Waals surface area contributed by atoms with Crippen molar-refractivity contribution in [2.24, 2.45) is 0 Å². The van der Waals surface area contributed by atoms with Crippen LogP contribution in [0.1, 0.15) is 24.1 Å². The van der Waals surface area contributed by atoms with Crippen LogP contribution in [0.25, 0.3) is 10.2 Å². The first-order valence-corrected chi connectivity index (χ1v) is 10.0. The van der Waals surface area contributed by atoms with E-state index in [4.69, 9.17) is 11.6 Å². The molecule has 0 spiro atoms. The predicted molar refractivity (Wildman–Crippen MR) is 104 cm³/mol. The highest BCUT2D eigenvalue weighted by molar-refractivity contribution is 7.22. The number of carbonyl (C=O) groups is 1. The number of thiazole rings is 1. The third kappa shape index (κ3) is 4.04. The second-order valence-electron chi connectivity index (χ2n) is 6.78. The molecule has 0 atom stereocenters.